The van der Waals surface area contributed by atoms with Crippen molar-refractivity contribution in [2.24, 2.45) is 40.4 Å². The summed E-state index contributed by atoms with van der Waals surface area (Å²) in [7, 11) is 0. The molecule has 5 fully saturated rings. The van der Waals surface area contributed by atoms with Crippen LogP contribution in [0, 0.1) is 40.4 Å². The molecule has 0 aromatic rings. The van der Waals surface area contributed by atoms with Crippen LogP contribution >= 0.6 is 11.8 Å². The molecule has 2 aliphatic heterocycles. The third-order valence-electron chi connectivity index (χ3n) is 10.3. The smallest absolute Gasteiger partial charge is 0.223 e. The molecule has 0 radical (unpaired) electrons. The van der Waals surface area contributed by atoms with Crippen molar-refractivity contribution in [3.63, 3.8) is 0 Å². The highest BCUT2D eigenvalue weighted by Crippen LogP contribution is 2.68. The van der Waals surface area contributed by atoms with Gasteiger partial charge in [-0.3, -0.25) is 9.59 Å². The van der Waals surface area contributed by atoms with Crippen LogP contribution in [0.5, 0.6) is 0 Å². The Kier molecular flexibility index (Phi) is 4.75. The lowest BCUT2D eigenvalue weighted by molar-refractivity contribution is -0.321. The van der Waals surface area contributed by atoms with Gasteiger partial charge < -0.3 is 15.2 Å². The molecule has 2 saturated heterocycles. The summed E-state index contributed by atoms with van der Waals surface area (Å²) < 4.78 is 7.29. The highest BCUT2D eigenvalue weighted by atomic mass is 32.2. The Balaban J connectivity index is 1.62. The van der Waals surface area contributed by atoms with E-state index in [1.54, 1.807) is 11.8 Å². The molecule has 10 atom stereocenters. The van der Waals surface area contributed by atoms with Crippen LogP contribution in [-0.4, -0.2) is 52.7 Å². The normalized spacial score (nSPS) is 54.5. The van der Waals surface area contributed by atoms with Crippen molar-refractivity contribution in [2.75, 3.05) is 12.8 Å². The highest BCUT2D eigenvalue weighted by Gasteiger charge is 2.71. The van der Waals surface area contributed by atoms with E-state index in [4.69, 9.17) is 4.74 Å². The molecule has 2 N–H and O–H groups in total. The van der Waals surface area contributed by atoms with Crippen LogP contribution in [0.2, 0.25) is 0 Å². The first kappa shape index (κ1) is 21.3. The lowest BCUT2D eigenvalue weighted by Crippen LogP contribution is -2.74. The number of rotatable bonds is 1. The predicted octanol–water partition coefficient (Wildman–Crippen LogP) is 3.04. The number of carbonyl (C=O) groups excluding carboxylic acids is 2. The molecule has 5 aliphatic rings. The van der Waals surface area contributed by atoms with Gasteiger partial charge in [0, 0.05) is 35.6 Å². The van der Waals surface area contributed by atoms with Gasteiger partial charge in [-0.25, -0.2) is 0 Å². The van der Waals surface area contributed by atoms with Crippen molar-refractivity contribution in [2.45, 2.75) is 82.9 Å². The summed E-state index contributed by atoms with van der Waals surface area (Å²) in [5, 5.41) is 14.1. The fourth-order valence-corrected chi connectivity index (χ4v) is 9.26. The third-order valence-corrected chi connectivity index (χ3v) is 11.2. The summed E-state index contributed by atoms with van der Waals surface area (Å²) in [6.45, 7) is 9.64. The van der Waals surface area contributed by atoms with Gasteiger partial charge in [-0.1, -0.05) is 27.7 Å². The first-order valence-electron chi connectivity index (χ1n) is 11.8. The number of carbonyl (C=O) groups is 2. The minimum atomic E-state index is -0.489. The maximum atomic E-state index is 13.4. The number of hydrogen-bond acceptors (Lipinski definition) is 5. The molecule has 0 aromatic heterocycles. The molecule has 1 spiro atoms. The van der Waals surface area contributed by atoms with E-state index in [0.717, 1.165) is 25.7 Å². The number of fused-ring (bicyclic) bond motifs is 3. The van der Waals surface area contributed by atoms with Crippen molar-refractivity contribution in [1.29, 1.82) is 0 Å². The number of aliphatic hydroxyl groups is 1. The lowest BCUT2D eigenvalue weighted by atomic mass is 9.42. The first-order chi connectivity index (χ1) is 14.1. The molecule has 168 valence electrons. The molecule has 3 saturated carbocycles. The largest absolute Gasteiger partial charge is 0.393 e. The Morgan fingerprint density at radius 2 is 1.87 bits per heavy atom. The van der Waals surface area contributed by atoms with Gasteiger partial charge in [-0.15, -0.1) is 0 Å². The van der Waals surface area contributed by atoms with Crippen LogP contribution < -0.4 is 5.32 Å². The van der Waals surface area contributed by atoms with E-state index in [2.05, 4.69) is 33.0 Å². The zero-order valence-corrected chi connectivity index (χ0v) is 19.8. The maximum absolute atomic E-state index is 13.4. The Bertz CT molecular complexity index is 770. The van der Waals surface area contributed by atoms with Crippen LogP contribution in [0.3, 0.4) is 0 Å². The summed E-state index contributed by atoms with van der Waals surface area (Å²) in [6.07, 6.45) is 5.82. The van der Waals surface area contributed by atoms with Gasteiger partial charge in [0.15, 0.2) is 5.78 Å². The molecule has 6 heteroatoms. The molecule has 10 unspecified atom stereocenters. The zero-order valence-electron chi connectivity index (χ0n) is 18.9. The highest BCUT2D eigenvalue weighted by molar-refractivity contribution is 7.99. The van der Waals surface area contributed by atoms with Crippen LogP contribution in [0.15, 0.2) is 0 Å². The second-order valence-corrected chi connectivity index (χ2v) is 12.7. The summed E-state index contributed by atoms with van der Waals surface area (Å²) >= 11 is 1.67. The third kappa shape index (κ3) is 2.50. The summed E-state index contributed by atoms with van der Waals surface area (Å²) in [5.41, 5.74) is -0.867. The molecule has 30 heavy (non-hydrogen) atoms. The van der Waals surface area contributed by atoms with E-state index >= 15 is 0 Å². The van der Waals surface area contributed by atoms with Gasteiger partial charge in [0.1, 0.15) is 0 Å². The molecular weight excluding hydrogens is 398 g/mol. The van der Waals surface area contributed by atoms with E-state index in [-0.39, 0.29) is 51.9 Å². The fraction of sp³-hybridized carbons (Fsp3) is 0.917. The van der Waals surface area contributed by atoms with Gasteiger partial charge in [-0.2, -0.15) is 11.8 Å². The number of aliphatic hydroxyl groups excluding tert-OH is 1. The Labute approximate surface area is 184 Å². The van der Waals surface area contributed by atoms with Crippen molar-refractivity contribution in [3.05, 3.63) is 0 Å². The predicted molar refractivity (Wildman–Crippen MR) is 117 cm³/mol. The average Bonchev–Trinajstić information content (AvgIpc) is 3.06. The molecule has 0 bridgehead atoms. The molecular formula is C24H37NO4S. The van der Waals surface area contributed by atoms with Crippen molar-refractivity contribution >= 4 is 23.5 Å². The van der Waals surface area contributed by atoms with E-state index < -0.39 is 11.5 Å². The summed E-state index contributed by atoms with van der Waals surface area (Å²) in [4.78, 5) is 25.8. The van der Waals surface area contributed by atoms with Crippen LogP contribution in [0.4, 0.5) is 0 Å². The van der Waals surface area contributed by atoms with Crippen molar-refractivity contribution < 1.29 is 19.4 Å². The standard InChI is InChI=1S/C24H37NO4S/c1-12-6-7-18-22(2,3)20(27)17(30-5)10-24(18)23(12,4)9-14-16(26)8-13-15(19(14)29-24)11-25-21(13)28/h12-19,26H,6-11H2,1-5H3,(H,25,28). The van der Waals surface area contributed by atoms with Gasteiger partial charge >= 0.3 is 0 Å². The molecule has 5 nitrogen and oxygen atoms in total. The number of nitrogens with one attached hydrogen (secondary N) is 1. The molecule has 3 aliphatic carbocycles. The number of thioether (sulfide) groups is 1. The van der Waals surface area contributed by atoms with Crippen LogP contribution in [0.1, 0.15) is 59.8 Å². The Morgan fingerprint density at radius 3 is 2.57 bits per heavy atom. The number of amides is 1. The van der Waals surface area contributed by atoms with Gasteiger partial charge in [-0.05, 0) is 49.7 Å². The fourth-order valence-electron chi connectivity index (χ4n) is 8.33. The molecule has 1 amide bonds. The number of ether oxygens (including phenoxy) is 1. The second-order valence-electron chi connectivity index (χ2n) is 11.6. The van der Waals surface area contributed by atoms with Crippen molar-refractivity contribution in [1.82, 2.24) is 5.32 Å². The maximum Gasteiger partial charge on any atom is 0.223 e. The van der Waals surface area contributed by atoms with E-state index in [1.165, 1.54) is 0 Å². The lowest BCUT2D eigenvalue weighted by Gasteiger charge is -2.70. The van der Waals surface area contributed by atoms with E-state index in [0.29, 0.717) is 24.7 Å². The minimum Gasteiger partial charge on any atom is -0.393 e. The molecule has 2 heterocycles. The Hall–Kier alpha value is -0.590. The minimum absolute atomic E-state index is 0.0509. The monoisotopic (exact) mass is 435 g/mol. The summed E-state index contributed by atoms with van der Waals surface area (Å²) in [5.74, 6) is 1.17. The topological polar surface area (TPSA) is 75.6 Å². The van der Waals surface area contributed by atoms with Crippen LogP contribution in [0.25, 0.3) is 0 Å². The van der Waals surface area contributed by atoms with E-state index in [9.17, 15) is 14.7 Å². The number of hydrogen-bond donors (Lipinski definition) is 2. The van der Waals surface area contributed by atoms with Gasteiger partial charge in [0.2, 0.25) is 5.91 Å². The van der Waals surface area contributed by atoms with E-state index in [1.807, 2.05) is 6.26 Å². The molecule has 0 aromatic carbocycles. The first-order valence-corrected chi connectivity index (χ1v) is 13.1. The average molecular weight is 436 g/mol. The second kappa shape index (κ2) is 6.71. The number of Topliss-reactive ketones (excluding diaryl/α,β-unsaturated/α-hetero) is 1. The van der Waals surface area contributed by atoms with Crippen LogP contribution in [-0.2, 0) is 14.3 Å². The number of ketones is 1. The quantitative estimate of drug-likeness (QED) is 0.662. The zero-order chi connectivity index (χ0) is 21.6. The van der Waals surface area contributed by atoms with Gasteiger partial charge in [0.25, 0.3) is 0 Å². The van der Waals surface area contributed by atoms with Gasteiger partial charge in [0.05, 0.1) is 23.1 Å². The summed E-state index contributed by atoms with van der Waals surface area (Å²) in [6, 6.07) is 0. The van der Waals surface area contributed by atoms with Crippen molar-refractivity contribution in [3.8, 4) is 0 Å². The molecule has 5 rings (SSSR count). The SMILES string of the molecule is CSC1CC23OC4C(CC2(C)C(C)CCC3C(C)(C)C1=O)C(O)CC1C(=O)NCC14. The Morgan fingerprint density at radius 1 is 1.13 bits per heavy atom.